The van der Waals surface area contributed by atoms with Crippen LogP contribution in [0.4, 0.5) is 0 Å². The van der Waals surface area contributed by atoms with E-state index in [-0.39, 0.29) is 17.1 Å². The molecule has 0 atom stereocenters. The summed E-state index contributed by atoms with van der Waals surface area (Å²) in [5.41, 5.74) is 2.35. The second kappa shape index (κ2) is 6.38. The van der Waals surface area contributed by atoms with E-state index in [1.54, 1.807) is 13.1 Å². The predicted molar refractivity (Wildman–Crippen MR) is 93.2 cm³/mol. The number of para-hydroxylation sites is 1. The molecule has 0 saturated heterocycles. The lowest BCUT2D eigenvalue weighted by Gasteiger charge is -2.08. The largest absolute Gasteiger partial charge is 0.293 e. The van der Waals surface area contributed by atoms with E-state index in [9.17, 15) is 9.59 Å². The first kappa shape index (κ1) is 15.5. The monoisotopic (exact) mass is 324 g/mol. The fourth-order valence-corrected chi connectivity index (χ4v) is 3.15. The van der Waals surface area contributed by atoms with E-state index < -0.39 is 0 Å². The Hall–Kier alpha value is -2.40. The summed E-state index contributed by atoms with van der Waals surface area (Å²) in [6.45, 7) is 1.98. The maximum absolute atomic E-state index is 12.3. The molecule has 0 fully saturated rings. The molecular weight excluding hydrogens is 308 g/mol. The average Bonchev–Trinajstić information content (AvgIpc) is 2.57. The summed E-state index contributed by atoms with van der Waals surface area (Å²) in [5.74, 6) is 0.277. The Morgan fingerprint density at radius 2 is 1.83 bits per heavy atom. The molecule has 0 bridgehead atoms. The third kappa shape index (κ3) is 3.19. The van der Waals surface area contributed by atoms with E-state index in [0.29, 0.717) is 21.6 Å². The number of Topliss-reactive ketones (excluding diaryl/α,β-unsaturated/α-hetero) is 1. The van der Waals surface area contributed by atoms with Crippen LogP contribution in [0.25, 0.3) is 10.9 Å². The van der Waals surface area contributed by atoms with Crippen LogP contribution in [0.2, 0.25) is 0 Å². The van der Waals surface area contributed by atoms with Gasteiger partial charge in [0.2, 0.25) is 0 Å². The first-order chi connectivity index (χ1) is 11.1. The van der Waals surface area contributed by atoms with Crippen molar-refractivity contribution in [3.63, 3.8) is 0 Å². The van der Waals surface area contributed by atoms with Crippen molar-refractivity contribution >= 4 is 28.4 Å². The Bertz CT molecular complexity index is 930. The Balaban J connectivity index is 1.84. The van der Waals surface area contributed by atoms with Gasteiger partial charge in [-0.2, -0.15) is 0 Å². The molecule has 0 aliphatic rings. The number of fused-ring (bicyclic) bond motifs is 1. The summed E-state index contributed by atoms with van der Waals surface area (Å²) in [7, 11) is 1.68. The molecule has 1 heterocycles. The summed E-state index contributed by atoms with van der Waals surface area (Å²) >= 11 is 1.29. The van der Waals surface area contributed by atoms with Gasteiger partial charge >= 0.3 is 0 Å². The molecule has 1 aromatic heterocycles. The number of thioether (sulfide) groups is 1. The van der Waals surface area contributed by atoms with Gasteiger partial charge in [0.15, 0.2) is 10.9 Å². The molecule has 5 heteroatoms. The van der Waals surface area contributed by atoms with Gasteiger partial charge in [-0.15, -0.1) is 0 Å². The summed E-state index contributed by atoms with van der Waals surface area (Å²) in [4.78, 5) is 29.1. The molecule has 3 rings (SSSR count). The predicted octanol–water partition coefficient (Wildman–Crippen LogP) is 3.22. The number of ketones is 1. The highest BCUT2D eigenvalue weighted by molar-refractivity contribution is 7.99. The number of hydrogen-bond donors (Lipinski definition) is 0. The van der Waals surface area contributed by atoms with Crippen molar-refractivity contribution in [2.45, 2.75) is 12.1 Å². The Labute approximate surface area is 138 Å². The summed E-state index contributed by atoms with van der Waals surface area (Å²) in [6, 6.07) is 14.7. The second-order valence-corrected chi connectivity index (χ2v) is 6.30. The van der Waals surface area contributed by atoms with E-state index in [1.165, 1.54) is 16.3 Å². The lowest BCUT2D eigenvalue weighted by Crippen LogP contribution is -2.20. The number of aromatic nitrogens is 2. The number of aryl methyl sites for hydroxylation is 1. The maximum Gasteiger partial charge on any atom is 0.261 e. The topological polar surface area (TPSA) is 52.0 Å². The minimum Gasteiger partial charge on any atom is -0.293 e. The van der Waals surface area contributed by atoms with E-state index in [0.717, 1.165) is 5.56 Å². The molecule has 0 aliphatic heterocycles. The first-order valence-corrected chi connectivity index (χ1v) is 8.23. The summed E-state index contributed by atoms with van der Waals surface area (Å²) in [5, 5.41) is 1.14. The van der Waals surface area contributed by atoms with Gasteiger partial charge in [0.25, 0.3) is 5.56 Å². The van der Waals surface area contributed by atoms with Crippen molar-refractivity contribution in [1.82, 2.24) is 9.55 Å². The fraction of sp³-hybridized carbons (Fsp3) is 0.167. The molecule has 0 aliphatic carbocycles. The van der Waals surface area contributed by atoms with Crippen molar-refractivity contribution < 1.29 is 4.79 Å². The molecule has 116 valence electrons. The van der Waals surface area contributed by atoms with Crippen molar-refractivity contribution in [2.24, 2.45) is 7.05 Å². The van der Waals surface area contributed by atoms with Crippen LogP contribution >= 0.6 is 11.8 Å². The number of benzene rings is 2. The van der Waals surface area contributed by atoms with E-state index in [1.807, 2.05) is 49.4 Å². The second-order valence-electron chi connectivity index (χ2n) is 5.35. The van der Waals surface area contributed by atoms with Crippen LogP contribution in [0.15, 0.2) is 58.5 Å². The standard InChI is InChI=1S/C18H16N2O2S/c1-12-7-9-13(10-8-12)16(21)11-23-18-19-15-6-4-3-5-14(15)17(22)20(18)2/h3-10H,11H2,1-2H3. The van der Waals surface area contributed by atoms with Crippen LogP contribution in [0.3, 0.4) is 0 Å². The number of carbonyl (C=O) groups is 1. The van der Waals surface area contributed by atoms with Crippen molar-refractivity contribution in [3.05, 3.63) is 70.0 Å². The quantitative estimate of drug-likeness (QED) is 0.420. The first-order valence-electron chi connectivity index (χ1n) is 7.24. The zero-order chi connectivity index (χ0) is 16.4. The zero-order valence-corrected chi connectivity index (χ0v) is 13.8. The summed E-state index contributed by atoms with van der Waals surface area (Å²) in [6.07, 6.45) is 0. The average molecular weight is 324 g/mol. The molecule has 3 aromatic rings. The van der Waals surface area contributed by atoms with Crippen molar-refractivity contribution in [1.29, 1.82) is 0 Å². The molecule has 0 unspecified atom stereocenters. The van der Waals surface area contributed by atoms with Gasteiger partial charge < -0.3 is 0 Å². The van der Waals surface area contributed by atoms with Gasteiger partial charge in [0.05, 0.1) is 16.7 Å². The smallest absolute Gasteiger partial charge is 0.261 e. The highest BCUT2D eigenvalue weighted by Gasteiger charge is 2.11. The van der Waals surface area contributed by atoms with Gasteiger partial charge in [0.1, 0.15) is 0 Å². The van der Waals surface area contributed by atoms with Gasteiger partial charge in [-0.25, -0.2) is 4.98 Å². The molecule has 23 heavy (non-hydrogen) atoms. The van der Waals surface area contributed by atoms with Crippen LogP contribution in [-0.2, 0) is 7.05 Å². The van der Waals surface area contributed by atoms with Gasteiger partial charge in [-0.3, -0.25) is 14.2 Å². The third-order valence-corrected chi connectivity index (χ3v) is 4.68. The molecule has 0 saturated carbocycles. The third-order valence-electron chi connectivity index (χ3n) is 3.65. The normalized spacial score (nSPS) is 10.9. The van der Waals surface area contributed by atoms with Crippen molar-refractivity contribution in [2.75, 3.05) is 5.75 Å². The van der Waals surface area contributed by atoms with Crippen molar-refractivity contribution in [3.8, 4) is 0 Å². The van der Waals surface area contributed by atoms with Crippen LogP contribution in [-0.4, -0.2) is 21.1 Å². The Morgan fingerprint density at radius 3 is 2.57 bits per heavy atom. The van der Waals surface area contributed by atoms with Crippen LogP contribution in [0.5, 0.6) is 0 Å². The van der Waals surface area contributed by atoms with E-state index in [2.05, 4.69) is 4.98 Å². The van der Waals surface area contributed by atoms with Crippen LogP contribution in [0.1, 0.15) is 15.9 Å². The Kier molecular flexibility index (Phi) is 4.30. The fourth-order valence-electron chi connectivity index (χ4n) is 2.28. The minimum absolute atomic E-state index is 0.0254. The van der Waals surface area contributed by atoms with Gasteiger partial charge in [-0.05, 0) is 19.1 Å². The zero-order valence-electron chi connectivity index (χ0n) is 12.9. The van der Waals surface area contributed by atoms with Gasteiger partial charge in [-0.1, -0.05) is 53.7 Å². The summed E-state index contributed by atoms with van der Waals surface area (Å²) < 4.78 is 1.50. The molecular formula is C18H16N2O2S. The highest BCUT2D eigenvalue weighted by Crippen LogP contribution is 2.18. The Morgan fingerprint density at radius 1 is 1.13 bits per heavy atom. The number of carbonyl (C=O) groups excluding carboxylic acids is 1. The molecule has 2 aromatic carbocycles. The molecule has 0 spiro atoms. The van der Waals surface area contributed by atoms with Crippen LogP contribution in [0, 0.1) is 6.92 Å². The van der Waals surface area contributed by atoms with E-state index >= 15 is 0 Å². The van der Waals surface area contributed by atoms with E-state index in [4.69, 9.17) is 0 Å². The highest BCUT2D eigenvalue weighted by atomic mass is 32.2. The number of hydrogen-bond acceptors (Lipinski definition) is 4. The number of rotatable bonds is 4. The molecule has 0 N–H and O–H groups in total. The maximum atomic E-state index is 12.3. The minimum atomic E-state index is -0.0964. The molecule has 0 radical (unpaired) electrons. The lowest BCUT2D eigenvalue weighted by molar-refractivity contribution is 0.102. The SMILES string of the molecule is Cc1ccc(C(=O)CSc2nc3ccccc3c(=O)n2C)cc1. The number of nitrogens with zero attached hydrogens (tertiary/aromatic N) is 2. The molecule has 0 amide bonds. The lowest BCUT2D eigenvalue weighted by atomic mass is 10.1. The van der Waals surface area contributed by atoms with Gasteiger partial charge in [0, 0.05) is 12.6 Å². The van der Waals surface area contributed by atoms with Crippen LogP contribution < -0.4 is 5.56 Å². The molecule has 4 nitrogen and oxygen atoms in total.